The van der Waals surface area contributed by atoms with Gasteiger partial charge in [0.15, 0.2) is 0 Å². The largest absolute Gasteiger partial charge is 0.493 e. The van der Waals surface area contributed by atoms with Gasteiger partial charge in [-0.1, -0.05) is 30.3 Å². The number of benzene rings is 2. The second-order valence-corrected chi connectivity index (χ2v) is 6.55. The zero-order valence-corrected chi connectivity index (χ0v) is 15.6. The van der Waals surface area contributed by atoms with Crippen molar-refractivity contribution < 1.29 is 13.9 Å². The Morgan fingerprint density at radius 1 is 1.15 bits per heavy atom. The molecule has 0 aliphatic heterocycles. The Hall–Kier alpha value is -2.92. The topological polar surface area (TPSA) is 78.4 Å². The van der Waals surface area contributed by atoms with Crippen LogP contribution in [0.15, 0.2) is 59.0 Å². The van der Waals surface area contributed by atoms with Crippen molar-refractivity contribution in [2.75, 3.05) is 6.61 Å². The second kappa shape index (κ2) is 8.64. The van der Waals surface area contributed by atoms with E-state index in [1.807, 2.05) is 61.5 Å². The number of nitrogens with two attached hydrogens (primary N) is 1. The molecular weight excluding hydrogens is 340 g/mol. The number of Topliss-reactive ketones (excluding diaryl/α,β-unsaturated/α-hetero) is 1. The first-order valence-corrected chi connectivity index (χ1v) is 9.02. The smallest absolute Gasteiger partial charge is 0.226 e. The van der Waals surface area contributed by atoms with Crippen LogP contribution < -0.4 is 10.5 Å². The summed E-state index contributed by atoms with van der Waals surface area (Å²) in [6.07, 6.45) is 1.20. The van der Waals surface area contributed by atoms with E-state index >= 15 is 0 Å². The zero-order chi connectivity index (χ0) is 19.2. The van der Waals surface area contributed by atoms with Gasteiger partial charge in [0.25, 0.3) is 0 Å². The zero-order valence-electron chi connectivity index (χ0n) is 15.6. The van der Waals surface area contributed by atoms with Crippen LogP contribution in [0.1, 0.15) is 23.9 Å². The maximum atomic E-state index is 11.2. The molecule has 0 saturated carbocycles. The molecule has 0 aliphatic rings. The Morgan fingerprint density at radius 3 is 2.52 bits per heavy atom. The molecule has 5 nitrogen and oxygen atoms in total. The molecule has 0 saturated heterocycles. The molecular formula is C22H24N2O3. The monoisotopic (exact) mass is 364 g/mol. The number of rotatable bonds is 8. The average molecular weight is 364 g/mol. The quantitative estimate of drug-likeness (QED) is 0.659. The van der Waals surface area contributed by atoms with E-state index in [9.17, 15) is 4.79 Å². The molecule has 1 atom stereocenters. The standard InChI is InChI=1S/C22H24N2O3/c1-15(25)20(23)14-17-8-10-19(11-9-17)26-13-12-21-16(2)27-22(24-21)18-6-4-3-5-7-18/h3-11,20H,12-14,23H2,1-2H3. The van der Waals surface area contributed by atoms with E-state index in [1.54, 1.807) is 0 Å². The lowest BCUT2D eigenvalue weighted by atomic mass is 10.0. The van der Waals surface area contributed by atoms with Crippen molar-refractivity contribution in [2.45, 2.75) is 32.7 Å². The predicted molar refractivity (Wildman–Crippen MR) is 105 cm³/mol. The molecule has 3 rings (SSSR count). The van der Waals surface area contributed by atoms with Gasteiger partial charge in [0, 0.05) is 12.0 Å². The van der Waals surface area contributed by atoms with E-state index in [0.29, 0.717) is 25.3 Å². The summed E-state index contributed by atoms with van der Waals surface area (Å²) in [7, 11) is 0. The van der Waals surface area contributed by atoms with Crippen LogP contribution in [0.2, 0.25) is 0 Å². The lowest BCUT2D eigenvalue weighted by Crippen LogP contribution is -2.30. The maximum absolute atomic E-state index is 11.2. The van der Waals surface area contributed by atoms with Gasteiger partial charge < -0.3 is 14.9 Å². The van der Waals surface area contributed by atoms with Gasteiger partial charge >= 0.3 is 0 Å². The lowest BCUT2D eigenvalue weighted by molar-refractivity contribution is -0.118. The molecule has 0 radical (unpaired) electrons. The normalized spacial score (nSPS) is 12.0. The summed E-state index contributed by atoms with van der Waals surface area (Å²) >= 11 is 0. The van der Waals surface area contributed by atoms with Gasteiger partial charge in [0.1, 0.15) is 17.3 Å². The minimum atomic E-state index is -0.453. The molecule has 2 N–H and O–H groups in total. The number of ether oxygens (including phenoxy) is 1. The van der Waals surface area contributed by atoms with Crippen molar-refractivity contribution in [3.63, 3.8) is 0 Å². The number of aryl methyl sites for hydroxylation is 1. The van der Waals surface area contributed by atoms with E-state index in [2.05, 4.69) is 4.98 Å². The molecule has 0 fully saturated rings. The highest BCUT2D eigenvalue weighted by molar-refractivity contribution is 5.81. The first kappa shape index (κ1) is 18.9. The Bertz CT molecular complexity index is 886. The van der Waals surface area contributed by atoms with Gasteiger partial charge in [-0.2, -0.15) is 0 Å². The van der Waals surface area contributed by atoms with Crippen molar-refractivity contribution in [3.05, 3.63) is 71.6 Å². The van der Waals surface area contributed by atoms with Crippen molar-refractivity contribution in [1.82, 2.24) is 4.98 Å². The number of oxazole rings is 1. The van der Waals surface area contributed by atoms with Gasteiger partial charge in [-0.15, -0.1) is 0 Å². The molecule has 5 heteroatoms. The van der Waals surface area contributed by atoms with Gasteiger partial charge in [0.2, 0.25) is 5.89 Å². The SMILES string of the molecule is CC(=O)C(N)Cc1ccc(OCCc2nc(-c3ccccc3)oc2C)cc1. The molecule has 1 heterocycles. The second-order valence-electron chi connectivity index (χ2n) is 6.55. The van der Waals surface area contributed by atoms with E-state index in [1.165, 1.54) is 6.92 Å². The first-order valence-electron chi connectivity index (χ1n) is 9.02. The molecule has 2 aromatic carbocycles. The van der Waals surface area contributed by atoms with Gasteiger partial charge in [-0.3, -0.25) is 4.79 Å². The van der Waals surface area contributed by atoms with Crippen LogP contribution in [0.5, 0.6) is 5.75 Å². The number of ketones is 1. The van der Waals surface area contributed by atoms with Crippen LogP contribution in [0.3, 0.4) is 0 Å². The van der Waals surface area contributed by atoms with E-state index in [0.717, 1.165) is 28.3 Å². The van der Waals surface area contributed by atoms with E-state index < -0.39 is 6.04 Å². The lowest BCUT2D eigenvalue weighted by Gasteiger charge is -2.09. The third-order valence-corrected chi connectivity index (χ3v) is 4.42. The number of carbonyl (C=O) groups excluding carboxylic acids is 1. The van der Waals surface area contributed by atoms with Crippen molar-refractivity contribution in [3.8, 4) is 17.2 Å². The van der Waals surface area contributed by atoms with Crippen molar-refractivity contribution in [1.29, 1.82) is 0 Å². The highest BCUT2D eigenvalue weighted by Gasteiger charge is 2.12. The summed E-state index contributed by atoms with van der Waals surface area (Å²) in [5.74, 6) is 2.22. The number of hydrogen-bond acceptors (Lipinski definition) is 5. The minimum absolute atomic E-state index is 0.00631. The Balaban J connectivity index is 1.54. The minimum Gasteiger partial charge on any atom is -0.493 e. The van der Waals surface area contributed by atoms with Crippen LogP contribution in [0.25, 0.3) is 11.5 Å². The molecule has 1 unspecified atom stereocenters. The molecule has 0 aliphatic carbocycles. The molecule has 0 spiro atoms. The van der Waals surface area contributed by atoms with Crippen molar-refractivity contribution in [2.24, 2.45) is 5.73 Å². The van der Waals surface area contributed by atoms with E-state index in [-0.39, 0.29) is 5.78 Å². The Kier molecular flexibility index (Phi) is 6.04. The number of nitrogens with zero attached hydrogens (tertiary/aromatic N) is 1. The van der Waals surface area contributed by atoms with Crippen LogP contribution in [-0.4, -0.2) is 23.4 Å². The molecule has 1 aromatic heterocycles. The molecule has 140 valence electrons. The average Bonchev–Trinajstić information content (AvgIpc) is 3.04. The summed E-state index contributed by atoms with van der Waals surface area (Å²) < 4.78 is 11.6. The fourth-order valence-electron chi connectivity index (χ4n) is 2.75. The fraction of sp³-hybridized carbons (Fsp3) is 0.273. The molecule has 0 amide bonds. The third-order valence-electron chi connectivity index (χ3n) is 4.42. The summed E-state index contributed by atoms with van der Waals surface area (Å²) in [5, 5.41) is 0. The van der Waals surface area contributed by atoms with Crippen LogP contribution in [-0.2, 0) is 17.6 Å². The highest BCUT2D eigenvalue weighted by Crippen LogP contribution is 2.22. The highest BCUT2D eigenvalue weighted by atomic mass is 16.5. The molecule has 0 bridgehead atoms. The van der Waals surface area contributed by atoms with Gasteiger partial charge in [-0.25, -0.2) is 4.98 Å². The van der Waals surface area contributed by atoms with Crippen LogP contribution in [0, 0.1) is 6.92 Å². The van der Waals surface area contributed by atoms with Crippen LogP contribution >= 0.6 is 0 Å². The van der Waals surface area contributed by atoms with Crippen LogP contribution in [0.4, 0.5) is 0 Å². The summed E-state index contributed by atoms with van der Waals surface area (Å²) in [6.45, 7) is 3.94. The predicted octanol–water partition coefficient (Wildman–Crippen LogP) is 3.73. The van der Waals surface area contributed by atoms with Crippen molar-refractivity contribution >= 4 is 5.78 Å². The summed E-state index contributed by atoms with van der Waals surface area (Å²) in [6, 6.07) is 17.1. The number of aromatic nitrogens is 1. The van der Waals surface area contributed by atoms with Gasteiger partial charge in [-0.05, 0) is 50.1 Å². The molecule has 3 aromatic rings. The molecule has 27 heavy (non-hydrogen) atoms. The van der Waals surface area contributed by atoms with Gasteiger partial charge in [0.05, 0.1) is 18.3 Å². The third kappa shape index (κ3) is 5.05. The maximum Gasteiger partial charge on any atom is 0.226 e. The fourth-order valence-corrected chi connectivity index (χ4v) is 2.75. The van der Waals surface area contributed by atoms with E-state index in [4.69, 9.17) is 14.9 Å². The summed E-state index contributed by atoms with van der Waals surface area (Å²) in [5.41, 5.74) is 8.68. The number of carbonyl (C=O) groups is 1. The first-order chi connectivity index (χ1) is 13.0. The Morgan fingerprint density at radius 2 is 1.85 bits per heavy atom. The Labute approximate surface area is 159 Å². The summed E-state index contributed by atoms with van der Waals surface area (Å²) in [4.78, 5) is 15.8. The number of hydrogen-bond donors (Lipinski definition) is 1.